The number of allylic oxidation sites excluding steroid dienone is 7. The molecule has 0 saturated carbocycles. The van der Waals surface area contributed by atoms with E-state index in [4.69, 9.17) is 4.74 Å². The van der Waals surface area contributed by atoms with Crippen LogP contribution in [0.15, 0.2) is 96.2 Å². The summed E-state index contributed by atoms with van der Waals surface area (Å²) >= 11 is 0. The summed E-state index contributed by atoms with van der Waals surface area (Å²) in [6.45, 7) is 13.3. The van der Waals surface area contributed by atoms with E-state index >= 15 is 0 Å². The van der Waals surface area contributed by atoms with Crippen LogP contribution in [0.4, 0.5) is 4.79 Å². The number of methoxy groups -OCH3 is 1. The summed E-state index contributed by atoms with van der Waals surface area (Å²) in [7, 11) is 1.25. The van der Waals surface area contributed by atoms with Crippen molar-refractivity contribution < 1.29 is 19.1 Å². The average Bonchev–Trinajstić information content (AvgIpc) is 3.04. The summed E-state index contributed by atoms with van der Waals surface area (Å²) in [5.41, 5.74) is 3.21. The number of rotatable bonds is 6. The first-order valence-electron chi connectivity index (χ1n) is 9.50. The maximum absolute atomic E-state index is 12.8. The van der Waals surface area contributed by atoms with Crippen LogP contribution in [0.25, 0.3) is 0 Å². The van der Waals surface area contributed by atoms with Gasteiger partial charge in [0.15, 0.2) is 0 Å². The van der Waals surface area contributed by atoms with Crippen LogP contribution in [0.2, 0.25) is 0 Å². The minimum absolute atomic E-state index is 0.169. The van der Waals surface area contributed by atoms with Crippen molar-refractivity contribution in [1.82, 2.24) is 5.32 Å². The number of carbonyl (C=O) groups excluding carboxylic acids is 2. The lowest BCUT2D eigenvalue weighted by Gasteiger charge is -2.33. The van der Waals surface area contributed by atoms with Crippen molar-refractivity contribution in [3.63, 3.8) is 0 Å². The lowest BCUT2D eigenvalue weighted by molar-refractivity contribution is -0.117. The fourth-order valence-electron chi connectivity index (χ4n) is 3.38. The molecule has 1 unspecified atom stereocenters. The molecule has 1 aromatic carbocycles. The van der Waals surface area contributed by atoms with Gasteiger partial charge in [0, 0.05) is 5.57 Å². The zero-order chi connectivity index (χ0) is 22.3. The fraction of sp³-hybridized carbons (Fsp3) is 0.200. The summed E-state index contributed by atoms with van der Waals surface area (Å²) in [5, 5.41) is 3.15. The molecule has 1 aliphatic heterocycles. The molecule has 1 fully saturated rings. The molecular weight excluding hydrogens is 378 g/mol. The molecule has 5 nitrogen and oxygen atoms in total. The molecule has 2 rings (SSSR count). The first kappa shape index (κ1) is 22.7. The number of amides is 1. The van der Waals surface area contributed by atoms with Crippen LogP contribution in [0.1, 0.15) is 26.3 Å². The van der Waals surface area contributed by atoms with E-state index in [2.05, 4.69) is 23.2 Å². The van der Waals surface area contributed by atoms with Crippen LogP contribution >= 0.6 is 0 Å². The zero-order valence-corrected chi connectivity index (χ0v) is 17.8. The Hall–Kier alpha value is -3.60. The predicted octanol–water partition coefficient (Wildman–Crippen LogP) is 5.29. The lowest BCUT2D eigenvalue weighted by atomic mass is 9.76. The van der Waals surface area contributed by atoms with Crippen molar-refractivity contribution in [2.45, 2.75) is 26.3 Å². The number of hydrogen-bond donors (Lipinski definition) is 1. The van der Waals surface area contributed by atoms with Gasteiger partial charge < -0.3 is 14.8 Å². The highest BCUT2D eigenvalue weighted by Gasteiger charge is 2.47. The Kier molecular flexibility index (Phi) is 7.37. The normalized spacial score (nSPS) is 22.1. The molecule has 1 N–H and O–H groups in total. The highest BCUT2D eigenvalue weighted by molar-refractivity contribution is 6.04. The zero-order valence-electron chi connectivity index (χ0n) is 17.8. The Morgan fingerprint density at radius 1 is 1.13 bits per heavy atom. The van der Waals surface area contributed by atoms with Gasteiger partial charge in [-0.05, 0) is 49.6 Å². The average molecular weight is 405 g/mol. The van der Waals surface area contributed by atoms with E-state index in [1.165, 1.54) is 7.11 Å². The van der Waals surface area contributed by atoms with Gasteiger partial charge in [-0.25, -0.2) is 4.79 Å². The highest BCUT2D eigenvalue weighted by Crippen LogP contribution is 2.45. The monoisotopic (exact) mass is 405 g/mol. The predicted molar refractivity (Wildman–Crippen MR) is 119 cm³/mol. The fourth-order valence-corrected chi connectivity index (χ4v) is 3.38. The summed E-state index contributed by atoms with van der Waals surface area (Å²) in [6.07, 6.45) is 10.2. The summed E-state index contributed by atoms with van der Waals surface area (Å²) in [4.78, 5) is 24.2. The number of carbonyl (C=O) groups is 2. The van der Waals surface area contributed by atoms with Crippen molar-refractivity contribution in [3.8, 4) is 5.75 Å². The van der Waals surface area contributed by atoms with Crippen LogP contribution in [-0.2, 0) is 15.1 Å². The first-order chi connectivity index (χ1) is 14.3. The molecule has 0 aromatic heterocycles. The molecule has 30 heavy (non-hydrogen) atoms. The Labute approximate surface area is 177 Å². The third kappa shape index (κ3) is 4.35. The molecule has 0 radical (unpaired) electrons. The number of ether oxygens (including phenoxy) is 2. The third-order valence-corrected chi connectivity index (χ3v) is 4.98. The molecule has 0 spiro atoms. The maximum atomic E-state index is 12.8. The lowest BCUT2D eigenvalue weighted by Crippen LogP contribution is -2.41. The van der Waals surface area contributed by atoms with Crippen molar-refractivity contribution in [3.05, 3.63) is 102 Å². The highest BCUT2D eigenvalue weighted by atomic mass is 16.7. The van der Waals surface area contributed by atoms with Gasteiger partial charge in [-0.15, -0.1) is 0 Å². The van der Waals surface area contributed by atoms with E-state index in [1.807, 2.05) is 51.1 Å². The molecule has 5 heteroatoms. The minimum atomic E-state index is -0.894. The van der Waals surface area contributed by atoms with Crippen LogP contribution in [0, 0.1) is 0 Å². The van der Waals surface area contributed by atoms with Crippen LogP contribution in [0.3, 0.4) is 0 Å². The second kappa shape index (κ2) is 9.74. The number of benzene rings is 1. The van der Waals surface area contributed by atoms with Crippen molar-refractivity contribution in [2.24, 2.45) is 0 Å². The maximum Gasteiger partial charge on any atom is 0.513 e. The molecule has 1 amide bonds. The molecule has 1 aromatic rings. The van der Waals surface area contributed by atoms with E-state index in [1.54, 1.807) is 30.4 Å². The Bertz CT molecular complexity index is 977. The van der Waals surface area contributed by atoms with Gasteiger partial charge in [0.2, 0.25) is 0 Å². The van der Waals surface area contributed by atoms with Gasteiger partial charge in [0.05, 0.1) is 7.11 Å². The van der Waals surface area contributed by atoms with Gasteiger partial charge in [-0.1, -0.05) is 67.3 Å². The van der Waals surface area contributed by atoms with Crippen molar-refractivity contribution in [2.75, 3.05) is 7.11 Å². The second-order valence-electron chi connectivity index (χ2n) is 6.77. The van der Waals surface area contributed by atoms with E-state index in [-0.39, 0.29) is 5.91 Å². The quantitative estimate of drug-likeness (QED) is 0.302. The minimum Gasteiger partial charge on any atom is -0.437 e. The molecule has 1 saturated heterocycles. The van der Waals surface area contributed by atoms with E-state index < -0.39 is 11.7 Å². The standard InChI is InChI=1S/C25H27NO4/c1-7-10-22-21(9-3)23(27)26-25(22,18(5)12-11-17(4)8-2)19-13-15-20(16-14-19)30-24(28)29-6/h7-16H,1-2H2,3-6H3,(H,26,27)/b17-11-,18-12+,21-9+,22-10+. The van der Waals surface area contributed by atoms with Crippen molar-refractivity contribution >= 4 is 12.1 Å². The van der Waals surface area contributed by atoms with E-state index in [9.17, 15) is 9.59 Å². The van der Waals surface area contributed by atoms with Crippen LogP contribution in [0.5, 0.6) is 5.75 Å². The second-order valence-corrected chi connectivity index (χ2v) is 6.77. The molecule has 156 valence electrons. The van der Waals surface area contributed by atoms with Crippen LogP contribution < -0.4 is 10.1 Å². The van der Waals surface area contributed by atoms with Gasteiger partial charge in [0.1, 0.15) is 11.3 Å². The van der Waals surface area contributed by atoms with Gasteiger partial charge in [0.25, 0.3) is 5.91 Å². The van der Waals surface area contributed by atoms with Gasteiger partial charge in [-0.3, -0.25) is 4.79 Å². The Balaban J connectivity index is 2.70. The number of nitrogens with one attached hydrogen (secondary N) is 1. The summed E-state index contributed by atoms with van der Waals surface area (Å²) < 4.78 is 9.61. The smallest absolute Gasteiger partial charge is 0.437 e. The van der Waals surface area contributed by atoms with Gasteiger partial charge >= 0.3 is 6.16 Å². The molecular formula is C25H27NO4. The molecule has 1 heterocycles. The topological polar surface area (TPSA) is 64.6 Å². The van der Waals surface area contributed by atoms with E-state index in [0.717, 1.165) is 22.3 Å². The van der Waals surface area contributed by atoms with Crippen molar-refractivity contribution in [1.29, 1.82) is 0 Å². The van der Waals surface area contributed by atoms with Crippen LogP contribution in [-0.4, -0.2) is 19.2 Å². The Morgan fingerprint density at radius 3 is 2.33 bits per heavy atom. The molecule has 0 aliphatic carbocycles. The largest absolute Gasteiger partial charge is 0.513 e. The number of hydrogen-bond acceptors (Lipinski definition) is 4. The molecule has 0 bridgehead atoms. The first-order valence-corrected chi connectivity index (χ1v) is 9.50. The van der Waals surface area contributed by atoms with E-state index in [0.29, 0.717) is 11.3 Å². The molecule has 1 aliphatic rings. The molecule has 1 atom stereocenters. The summed E-state index contributed by atoms with van der Waals surface area (Å²) in [6, 6.07) is 6.96. The Morgan fingerprint density at radius 2 is 1.80 bits per heavy atom. The SMILES string of the molecule is C=C/C=C1\C(=C/C)C(=O)NC1(/C(C)=C/C=C(/C)C=C)c1ccc(OC(=O)OC)cc1. The third-order valence-electron chi connectivity index (χ3n) is 4.98. The van der Waals surface area contributed by atoms with Gasteiger partial charge in [-0.2, -0.15) is 0 Å². The summed E-state index contributed by atoms with van der Waals surface area (Å²) in [5.74, 6) is 0.173.